The van der Waals surface area contributed by atoms with Crippen molar-refractivity contribution in [2.45, 2.75) is 13.5 Å². The molecule has 1 aliphatic rings. The lowest BCUT2D eigenvalue weighted by Gasteiger charge is -2.27. The van der Waals surface area contributed by atoms with Crippen molar-refractivity contribution in [3.8, 4) is 5.75 Å². The molecule has 0 unspecified atom stereocenters. The highest BCUT2D eigenvalue weighted by atomic mass is 35.5. The van der Waals surface area contributed by atoms with Crippen molar-refractivity contribution in [3.05, 3.63) is 100 Å². The van der Waals surface area contributed by atoms with E-state index < -0.39 is 17.8 Å². The molecule has 4 amide bonds. The fourth-order valence-electron chi connectivity index (χ4n) is 3.34. The number of amides is 4. The van der Waals surface area contributed by atoms with Crippen molar-refractivity contribution in [1.82, 2.24) is 5.32 Å². The number of hydrogen-bond acceptors (Lipinski definition) is 4. The molecule has 0 aliphatic carbocycles. The van der Waals surface area contributed by atoms with E-state index in [1.165, 1.54) is 6.08 Å². The molecular formula is C25H19ClN2O4. The summed E-state index contributed by atoms with van der Waals surface area (Å²) >= 11 is 6.16. The number of benzene rings is 3. The third kappa shape index (κ3) is 4.40. The molecule has 0 bridgehead atoms. The zero-order valence-electron chi connectivity index (χ0n) is 17.2. The summed E-state index contributed by atoms with van der Waals surface area (Å²) in [4.78, 5) is 39.1. The third-order valence-electron chi connectivity index (χ3n) is 4.97. The van der Waals surface area contributed by atoms with E-state index in [4.69, 9.17) is 16.3 Å². The van der Waals surface area contributed by atoms with Gasteiger partial charge in [0.25, 0.3) is 11.8 Å². The summed E-state index contributed by atoms with van der Waals surface area (Å²) in [5.74, 6) is -1.05. The average molecular weight is 447 g/mol. The summed E-state index contributed by atoms with van der Waals surface area (Å²) in [6.45, 7) is 2.08. The SMILES string of the molecule is Cc1ccccc1N1C(=O)NC(=O)/C(=C\c2cc(Cl)ccc2OCc2ccccc2)C1=O. The number of nitrogens with one attached hydrogen (secondary N) is 1. The number of aryl methyl sites for hydroxylation is 1. The molecule has 1 aliphatic heterocycles. The molecule has 32 heavy (non-hydrogen) atoms. The quantitative estimate of drug-likeness (QED) is 0.447. The predicted octanol–water partition coefficient (Wildman–Crippen LogP) is 4.89. The minimum absolute atomic E-state index is 0.195. The van der Waals surface area contributed by atoms with Gasteiger partial charge >= 0.3 is 6.03 Å². The molecule has 1 heterocycles. The summed E-state index contributed by atoms with van der Waals surface area (Å²) in [6, 6.07) is 20.7. The number of urea groups is 1. The number of rotatable bonds is 5. The van der Waals surface area contributed by atoms with E-state index in [-0.39, 0.29) is 5.57 Å². The molecule has 0 saturated carbocycles. The van der Waals surface area contributed by atoms with Crippen LogP contribution in [0.1, 0.15) is 16.7 Å². The second-order valence-electron chi connectivity index (χ2n) is 7.20. The van der Waals surface area contributed by atoms with E-state index in [1.807, 2.05) is 30.3 Å². The number of hydrogen-bond donors (Lipinski definition) is 1. The number of carbonyl (C=O) groups excluding carboxylic acids is 3. The number of anilines is 1. The van der Waals surface area contributed by atoms with Crippen LogP contribution in [0.5, 0.6) is 5.75 Å². The monoisotopic (exact) mass is 446 g/mol. The zero-order valence-corrected chi connectivity index (χ0v) is 17.9. The van der Waals surface area contributed by atoms with Gasteiger partial charge < -0.3 is 4.74 Å². The molecule has 0 radical (unpaired) electrons. The Kier molecular flexibility index (Phi) is 6.05. The number of nitrogens with zero attached hydrogens (tertiary/aromatic N) is 1. The van der Waals surface area contributed by atoms with Gasteiger partial charge in [0.05, 0.1) is 5.69 Å². The molecule has 1 saturated heterocycles. The normalized spacial score (nSPS) is 15.1. The first-order valence-electron chi connectivity index (χ1n) is 9.87. The van der Waals surface area contributed by atoms with Crippen molar-refractivity contribution < 1.29 is 19.1 Å². The maximum atomic E-state index is 13.2. The van der Waals surface area contributed by atoms with Gasteiger partial charge in [-0.1, -0.05) is 60.1 Å². The van der Waals surface area contributed by atoms with Gasteiger partial charge in [-0.05, 0) is 48.4 Å². The van der Waals surface area contributed by atoms with Gasteiger partial charge in [0.15, 0.2) is 0 Å². The van der Waals surface area contributed by atoms with Gasteiger partial charge in [-0.2, -0.15) is 0 Å². The maximum Gasteiger partial charge on any atom is 0.335 e. The Bertz CT molecular complexity index is 1240. The molecule has 7 heteroatoms. The number of carbonyl (C=O) groups is 3. The first-order valence-corrected chi connectivity index (χ1v) is 10.2. The fraction of sp³-hybridized carbons (Fsp3) is 0.0800. The van der Waals surface area contributed by atoms with Gasteiger partial charge in [0.2, 0.25) is 0 Å². The lowest BCUT2D eigenvalue weighted by atomic mass is 10.0. The van der Waals surface area contributed by atoms with Gasteiger partial charge in [0.1, 0.15) is 17.9 Å². The molecule has 3 aromatic carbocycles. The Balaban J connectivity index is 1.69. The number of ether oxygens (including phenoxy) is 1. The summed E-state index contributed by atoms with van der Waals surface area (Å²) in [5, 5.41) is 2.65. The van der Waals surface area contributed by atoms with Crippen LogP contribution in [0.4, 0.5) is 10.5 Å². The summed E-state index contributed by atoms with van der Waals surface area (Å²) in [5.41, 5.74) is 2.34. The van der Waals surface area contributed by atoms with Crippen LogP contribution in [0.25, 0.3) is 6.08 Å². The number of imide groups is 2. The van der Waals surface area contributed by atoms with E-state index in [1.54, 1.807) is 49.4 Å². The van der Waals surface area contributed by atoms with Crippen LogP contribution in [-0.4, -0.2) is 17.8 Å². The smallest absolute Gasteiger partial charge is 0.335 e. The molecule has 6 nitrogen and oxygen atoms in total. The highest BCUT2D eigenvalue weighted by Gasteiger charge is 2.37. The Morgan fingerprint density at radius 1 is 0.969 bits per heavy atom. The molecule has 0 atom stereocenters. The lowest BCUT2D eigenvalue weighted by Crippen LogP contribution is -2.54. The number of halogens is 1. The molecular weight excluding hydrogens is 428 g/mol. The Hall–Kier alpha value is -3.90. The van der Waals surface area contributed by atoms with E-state index in [0.717, 1.165) is 16.0 Å². The van der Waals surface area contributed by atoms with Crippen molar-refractivity contribution in [3.63, 3.8) is 0 Å². The van der Waals surface area contributed by atoms with Crippen LogP contribution in [0.2, 0.25) is 5.02 Å². The van der Waals surface area contributed by atoms with Gasteiger partial charge in [-0.15, -0.1) is 0 Å². The standard InChI is InChI=1S/C25H19ClN2O4/c1-16-7-5-6-10-21(16)28-24(30)20(23(29)27-25(28)31)14-18-13-19(26)11-12-22(18)32-15-17-8-3-2-4-9-17/h2-14H,15H2,1H3,(H,27,29,31)/b20-14+. The van der Waals surface area contributed by atoms with Crippen LogP contribution in [0.3, 0.4) is 0 Å². The number of para-hydroxylation sites is 1. The average Bonchev–Trinajstić information content (AvgIpc) is 2.78. The second kappa shape index (κ2) is 9.08. The first-order chi connectivity index (χ1) is 15.4. The van der Waals surface area contributed by atoms with Crippen LogP contribution in [0.15, 0.2) is 78.4 Å². The number of barbiturate groups is 1. The van der Waals surface area contributed by atoms with Crippen LogP contribution in [-0.2, 0) is 16.2 Å². The highest BCUT2D eigenvalue weighted by Crippen LogP contribution is 2.29. The predicted molar refractivity (Wildman–Crippen MR) is 122 cm³/mol. The molecule has 3 aromatic rings. The van der Waals surface area contributed by atoms with E-state index in [9.17, 15) is 14.4 Å². The lowest BCUT2D eigenvalue weighted by molar-refractivity contribution is -0.122. The van der Waals surface area contributed by atoms with Crippen molar-refractivity contribution in [2.24, 2.45) is 0 Å². The van der Waals surface area contributed by atoms with Crippen LogP contribution < -0.4 is 15.0 Å². The minimum atomic E-state index is -0.793. The summed E-state index contributed by atoms with van der Waals surface area (Å²) in [6.07, 6.45) is 1.39. The Labute approximate surface area is 190 Å². The van der Waals surface area contributed by atoms with Crippen LogP contribution >= 0.6 is 11.6 Å². The molecule has 1 N–H and O–H groups in total. The van der Waals surface area contributed by atoms with E-state index in [2.05, 4.69) is 5.32 Å². The highest BCUT2D eigenvalue weighted by molar-refractivity contribution is 6.39. The molecule has 0 spiro atoms. The van der Waals surface area contributed by atoms with Crippen LogP contribution in [0, 0.1) is 6.92 Å². The minimum Gasteiger partial charge on any atom is -0.488 e. The molecule has 4 rings (SSSR count). The van der Waals surface area contributed by atoms with Crippen molar-refractivity contribution in [2.75, 3.05) is 4.90 Å². The molecule has 1 fully saturated rings. The van der Waals surface area contributed by atoms with Crippen molar-refractivity contribution >= 4 is 41.2 Å². The molecule has 160 valence electrons. The third-order valence-corrected chi connectivity index (χ3v) is 5.20. The zero-order chi connectivity index (χ0) is 22.7. The van der Waals surface area contributed by atoms with Gasteiger partial charge in [-0.3, -0.25) is 14.9 Å². The van der Waals surface area contributed by atoms with E-state index >= 15 is 0 Å². The molecule has 0 aromatic heterocycles. The Morgan fingerprint density at radius 2 is 1.69 bits per heavy atom. The van der Waals surface area contributed by atoms with Gasteiger partial charge in [-0.25, -0.2) is 9.69 Å². The summed E-state index contributed by atoms with van der Waals surface area (Å²) in [7, 11) is 0. The fourth-order valence-corrected chi connectivity index (χ4v) is 3.53. The maximum absolute atomic E-state index is 13.2. The Morgan fingerprint density at radius 3 is 2.44 bits per heavy atom. The van der Waals surface area contributed by atoms with E-state index in [0.29, 0.717) is 28.6 Å². The first kappa shape index (κ1) is 21.3. The topological polar surface area (TPSA) is 75.7 Å². The van der Waals surface area contributed by atoms with Crippen molar-refractivity contribution in [1.29, 1.82) is 0 Å². The largest absolute Gasteiger partial charge is 0.488 e. The van der Waals surface area contributed by atoms with Gasteiger partial charge in [0, 0.05) is 10.6 Å². The second-order valence-corrected chi connectivity index (χ2v) is 7.64. The summed E-state index contributed by atoms with van der Waals surface area (Å²) < 4.78 is 5.92.